The highest BCUT2D eigenvalue weighted by Gasteiger charge is 2.53. The summed E-state index contributed by atoms with van der Waals surface area (Å²) in [5.41, 5.74) is 1.73. The molecule has 26 heavy (non-hydrogen) atoms. The highest BCUT2D eigenvalue weighted by atomic mass is 79.9. The molecule has 1 atom stereocenters. The van der Waals surface area contributed by atoms with Crippen LogP contribution in [-0.4, -0.2) is 28.6 Å². The van der Waals surface area contributed by atoms with Crippen molar-refractivity contribution < 1.29 is 31.1 Å². The highest BCUT2D eigenvalue weighted by molar-refractivity contribution is 5.97. The first kappa shape index (κ1) is 19.1. The van der Waals surface area contributed by atoms with Gasteiger partial charge in [0.25, 0.3) is 11.6 Å². The minimum Gasteiger partial charge on any atom is -1.00 e. The van der Waals surface area contributed by atoms with E-state index in [0.717, 1.165) is 37.1 Å². The first-order valence-corrected chi connectivity index (χ1v) is 9.04. The summed E-state index contributed by atoms with van der Waals surface area (Å²) in [6.07, 6.45) is 4.45. The third-order valence-corrected chi connectivity index (χ3v) is 5.33. The molecule has 2 aromatic rings. The number of halogens is 2. The molecule has 1 unspecified atom stereocenters. The number of nitrogens with zero attached hydrogens (tertiary/aromatic N) is 2. The molecule has 0 aromatic heterocycles. The third-order valence-electron chi connectivity index (χ3n) is 5.33. The molecule has 1 N–H and O–H groups in total. The minimum atomic E-state index is -1.17. The molecule has 2 aliphatic rings. The van der Waals surface area contributed by atoms with Crippen molar-refractivity contribution in [1.29, 1.82) is 0 Å². The third kappa shape index (κ3) is 3.30. The number of aryl methyl sites for hydroxylation is 1. The minimum absolute atomic E-state index is 0. The Morgan fingerprint density at radius 3 is 2.38 bits per heavy atom. The summed E-state index contributed by atoms with van der Waals surface area (Å²) in [6.45, 7) is 3.54. The predicted molar refractivity (Wildman–Crippen MR) is 97.4 cm³/mol. The molecule has 4 rings (SSSR count). The van der Waals surface area contributed by atoms with Crippen LogP contribution in [0.5, 0.6) is 0 Å². The zero-order valence-electron chi connectivity index (χ0n) is 15.0. The number of benzene rings is 2. The number of aliphatic hydroxyl groups is 1. The predicted octanol–water partition coefficient (Wildman–Crippen LogP) is 0.788. The largest absolute Gasteiger partial charge is 1.00 e. The van der Waals surface area contributed by atoms with Crippen LogP contribution in [0, 0.1) is 12.7 Å². The number of rotatable bonds is 2. The van der Waals surface area contributed by atoms with Gasteiger partial charge in [-0.2, -0.15) is 4.90 Å². The van der Waals surface area contributed by atoms with Crippen LogP contribution in [0.2, 0.25) is 0 Å². The van der Waals surface area contributed by atoms with E-state index in [1.54, 1.807) is 12.1 Å². The molecule has 2 heterocycles. The van der Waals surface area contributed by atoms with E-state index in [1.165, 1.54) is 30.0 Å². The van der Waals surface area contributed by atoms with E-state index >= 15 is 0 Å². The zero-order chi connectivity index (χ0) is 17.4. The van der Waals surface area contributed by atoms with Gasteiger partial charge in [0, 0.05) is 12.0 Å². The summed E-state index contributed by atoms with van der Waals surface area (Å²) in [6, 6.07) is 14.5. The van der Waals surface area contributed by atoms with Crippen LogP contribution < -0.4 is 21.9 Å². The van der Waals surface area contributed by atoms with E-state index in [9.17, 15) is 9.50 Å². The molecule has 0 bridgehead atoms. The first-order valence-electron chi connectivity index (χ1n) is 9.04. The fourth-order valence-corrected chi connectivity index (χ4v) is 4.02. The molecule has 0 amide bonds. The van der Waals surface area contributed by atoms with Gasteiger partial charge in [-0.1, -0.05) is 17.7 Å². The summed E-state index contributed by atoms with van der Waals surface area (Å²) in [5.74, 6) is 0.891. The summed E-state index contributed by atoms with van der Waals surface area (Å²) in [7, 11) is 0. The number of amidine groups is 1. The van der Waals surface area contributed by atoms with E-state index in [2.05, 4.69) is 40.7 Å². The zero-order valence-corrected chi connectivity index (χ0v) is 16.5. The lowest BCUT2D eigenvalue weighted by molar-refractivity contribution is -0.534. The van der Waals surface area contributed by atoms with Gasteiger partial charge >= 0.3 is 0 Å². The summed E-state index contributed by atoms with van der Waals surface area (Å²) in [5, 5.41) is 11.7. The molecule has 138 valence electrons. The molecule has 0 saturated heterocycles. The normalized spacial score (nSPS) is 22.7. The second-order valence-electron chi connectivity index (χ2n) is 7.14. The lowest BCUT2D eigenvalue weighted by Gasteiger charge is -2.29. The van der Waals surface area contributed by atoms with E-state index < -0.39 is 5.72 Å². The Morgan fingerprint density at radius 2 is 1.69 bits per heavy atom. The van der Waals surface area contributed by atoms with Gasteiger partial charge in [-0.05, 0) is 62.6 Å². The Balaban J connectivity index is 0.00000196. The Labute approximate surface area is 164 Å². The van der Waals surface area contributed by atoms with Crippen molar-refractivity contribution in [1.82, 2.24) is 0 Å². The maximum atomic E-state index is 13.4. The van der Waals surface area contributed by atoms with Crippen LogP contribution >= 0.6 is 0 Å². The Bertz CT molecular complexity index is 804. The molecule has 0 radical (unpaired) electrons. The highest BCUT2D eigenvalue weighted by Crippen LogP contribution is 2.37. The summed E-state index contributed by atoms with van der Waals surface area (Å²) < 4.78 is 15.7. The van der Waals surface area contributed by atoms with Crippen molar-refractivity contribution in [2.75, 3.05) is 18.0 Å². The Morgan fingerprint density at radius 1 is 1.00 bits per heavy atom. The molecular weight excluding hydrogens is 395 g/mol. The molecule has 0 aliphatic carbocycles. The maximum Gasteiger partial charge on any atom is 0.275 e. The average molecular weight is 419 g/mol. The van der Waals surface area contributed by atoms with E-state index in [4.69, 9.17) is 0 Å². The standard InChI is InChI=1S/C21H24FN2O.BrH/c1-16-6-12-19(13-7-16)24-20-5-3-2-4-14-23(20)15-21(24,25)17-8-10-18(22)11-9-17;/h6-13,25H,2-5,14-15H2,1H3;1H/q+1;/p-1. The summed E-state index contributed by atoms with van der Waals surface area (Å²) >= 11 is 0. The van der Waals surface area contributed by atoms with Crippen molar-refractivity contribution in [2.24, 2.45) is 0 Å². The van der Waals surface area contributed by atoms with Crippen LogP contribution in [0.15, 0.2) is 48.5 Å². The molecule has 0 fully saturated rings. The first-order chi connectivity index (χ1) is 12.1. The van der Waals surface area contributed by atoms with Crippen LogP contribution in [-0.2, 0) is 5.72 Å². The molecule has 0 spiro atoms. The fourth-order valence-electron chi connectivity index (χ4n) is 4.02. The molecule has 2 aromatic carbocycles. The molecule has 2 aliphatic heterocycles. The quantitative estimate of drug-likeness (QED) is 0.729. The summed E-state index contributed by atoms with van der Waals surface area (Å²) in [4.78, 5) is 2.06. The Kier molecular flexibility index (Phi) is 5.49. The smallest absolute Gasteiger partial charge is 0.275 e. The number of hydrogen-bond acceptors (Lipinski definition) is 2. The number of anilines is 1. The van der Waals surface area contributed by atoms with Gasteiger partial charge in [-0.25, -0.2) is 4.39 Å². The Hall–Kier alpha value is -1.72. The molecule has 0 saturated carbocycles. The SMILES string of the molecule is Cc1ccc(N2C3=[N+](CCCCC3)CC2(O)c2ccc(F)cc2)cc1.[Br-]. The van der Waals surface area contributed by atoms with E-state index in [-0.39, 0.29) is 22.8 Å². The van der Waals surface area contributed by atoms with Crippen LogP contribution in [0.25, 0.3) is 0 Å². The van der Waals surface area contributed by atoms with Gasteiger partial charge in [-0.15, -0.1) is 0 Å². The average Bonchev–Trinajstić information content (AvgIpc) is 2.74. The van der Waals surface area contributed by atoms with Crippen LogP contribution in [0.3, 0.4) is 0 Å². The van der Waals surface area contributed by atoms with Crippen molar-refractivity contribution in [3.8, 4) is 0 Å². The number of hydrogen-bond donors (Lipinski definition) is 1. The van der Waals surface area contributed by atoms with Gasteiger partial charge < -0.3 is 22.1 Å². The second kappa shape index (κ2) is 7.49. The van der Waals surface area contributed by atoms with Gasteiger partial charge in [0.2, 0.25) is 0 Å². The van der Waals surface area contributed by atoms with Crippen LogP contribution in [0.4, 0.5) is 10.1 Å². The lowest BCUT2D eigenvalue weighted by Crippen LogP contribution is -3.00. The van der Waals surface area contributed by atoms with Crippen molar-refractivity contribution >= 4 is 11.5 Å². The van der Waals surface area contributed by atoms with Gasteiger partial charge in [0.15, 0.2) is 6.54 Å². The van der Waals surface area contributed by atoms with Gasteiger partial charge in [-0.3, -0.25) is 4.58 Å². The fraction of sp³-hybridized carbons (Fsp3) is 0.381. The van der Waals surface area contributed by atoms with Crippen molar-refractivity contribution in [2.45, 2.75) is 38.3 Å². The lowest BCUT2D eigenvalue weighted by atomic mass is 9.99. The molecular formula is C21H24BrFN2O. The van der Waals surface area contributed by atoms with Gasteiger partial charge in [0.05, 0.1) is 6.54 Å². The van der Waals surface area contributed by atoms with Crippen LogP contribution in [0.1, 0.15) is 36.8 Å². The van der Waals surface area contributed by atoms with Crippen molar-refractivity contribution in [3.63, 3.8) is 0 Å². The van der Waals surface area contributed by atoms with Crippen molar-refractivity contribution in [3.05, 3.63) is 65.5 Å². The second-order valence-corrected chi connectivity index (χ2v) is 7.14. The van der Waals surface area contributed by atoms with E-state index in [1.807, 2.05) is 0 Å². The molecule has 3 nitrogen and oxygen atoms in total. The maximum absolute atomic E-state index is 13.4. The van der Waals surface area contributed by atoms with Gasteiger partial charge in [0.1, 0.15) is 11.5 Å². The topological polar surface area (TPSA) is 26.5 Å². The van der Waals surface area contributed by atoms with E-state index in [0.29, 0.717) is 6.54 Å². The monoisotopic (exact) mass is 418 g/mol. The molecule has 5 heteroatoms.